The van der Waals surface area contributed by atoms with Gasteiger partial charge in [0.2, 0.25) is 0 Å². The predicted molar refractivity (Wildman–Crippen MR) is 75.8 cm³/mol. The number of halogens is 2. The summed E-state index contributed by atoms with van der Waals surface area (Å²) in [6.45, 7) is 4.27. The summed E-state index contributed by atoms with van der Waals surface area (Å²) in [4.78, 5) is 3.93. The van der Waals surface area contributed by atoms with Crippen molar-refractivity contribution in [2.24, 2.45) is 5.73 Å². The Morgan fingerprint density at radius 2 is 1.89 bits per heavy atom. The normalized spacial score (nSPS) is 10.6. The molecule has 0 saturated carbocycles. The molecule has 1 aromatic carbocycles. The summed E-state index contributed by atoms with van der Waals surface area (Å²) in [6, 6.07) is 5.18. The molecule has 0 fully saturated rings. The highest BCUT2D eigenvalue weighted by molar-refractivity contribution is 9.10. The second kappa shape index (κ2) is 5.67. The quantitative estimate of drug-likeness (QED) is 0.932. The maximum atomic E-state index is 13.7. The molecular formula is C14H14BrFN2O. The largest absolute Gasteiger partial charge is 0.436 e. The summed E-state index contributed by atoms with van der Waals surface area (Å²) in [6.07, 6.45) is 1.50. The van der Waals surface area contributed by atoms with Crippen molar-refractivity contribution < 1.29 is 9.13 Å². The number of hydrogen-bond donors (Lipinski definition) is 1. The van der Waals surface area contributed by atoms with Crippen LogP contribution in [0.3, 0.4) is 0 Å². The lowest BCUT2D eigenvalue weighted by atomic mass is 10.1. The Morgan fingerprint density at radius 1 is 1.26 bits per heavy atom. The van der Waals surface area contributed by atoms with Crippen molar-refractivity contribution in [3.8, 4) is 11.6 Å². The van der Waals surface area contributed by atoms with E-state index in [0.29, 0.717) is 16.8 Å². The van der Waals surface area contributed by atoms with E-state index >= 15 is 0 Å². The molecule has 0 spiro atoms. The molecule has 1 heterocycles. The van der Waals surface area contributed by atoms with Crippen LogP contribution in [0.4, 0.5) is 4.39 Å². The Kier molecular flexibility index (Phi) is 4.17. The second-order valence-electron chi connectivity index (χ2n) is 4.31. The molecule has 0 unspecified atom stereocenters. The molecule has 0 saturated heterocycles. The van der Waals surface area contributed by atoms with Gasteiger partial charge in [0.25, 0.3) is 5.88 Å². The van der Waals surface area contributed by atoms with Gasteiger partial charge in [-0.1, -0.05) is 12.1 Å². The van der Waals surface area contributed by atoms with Gasteiger partial charge in [-0.15, -0.1) is 0 Å². The number of nitrogens with two attached hydrogens (primary N) is 1. The van der Waals surface area contributed by atoms with E-state index < -0.39 is 5.82 Å². The third-order valence-corrected chi connectivity index (χ3v) is 3.16. The van der Waals surface area contributed by atoms with E-state index in [2.05, 4.69) is 20.9 Å². The van der Waals surface area contributed by atoms with Gasteiger partial charge in [0, 0.05) is 17.2 Å². The Balaban J connectivity index is 2.38. The molecule has 0 amide bonds. The van der Waals surface area contributed by atoms with Crippen LogP contribution in [0.5, 0.6) is 11.6 Å². The monoisotopic (exact) mass is 324 g/mol. The van der Waals surface area contributed by atoms with Crippen LogP contribution in [-0.2, 0) is 6.54 Å². The van der Waals surface area contributed by atoms with Crippen LogP contribution in [0, 0.1) is 19.7 Å². The summed E-state index contributed by atoms with van der Waals surface area (Å²) in [5.41, 5.74) is 8.45. The van der Waals surface area contributed by atoms with Gasteiger partial charge in [0.05, 0.1) is 0 Å². The molecule has 0 aliphatic heterocycles. The predicted octanol–water partition coefficient (Wildman–Crippen LogP) is 3.85. The fourth-order valence-electron chi connectivity index (χ4n) is 1.89. The molecule has 0 aliphatic rings. The van der Waals surface area contributed by atoms with Crippen molar-refractivity contribution in [1.82, 2.24) is 4.98 Å². The van der Waals surface area contributed by atoms with Crippen LogP contribution in [-0.4, -0.2) is 4.98 Å². The highest BCUT2D eigenvalue weighted by Crippen LogP contribution is 2.30. The van der Waals surface area contributed by atoms with Gasteiger partial charge in [-0.2, -0.15) is 0 Å². The lowest BCUT2D eigenvalue weighted by Gasteiger charge is -2.13. The molecule has 2 aromatic rings. The minimum absolute atomic E-state index is 0.0325. The number of nitrogens with zero attached hydrogens (tertiary/aromatic N) is 1. The number of hydrogen-bond acceptors (Lipinski definition) is 3. The number of rotatable bonds is 3. The maximum Gasteiger partial charge on any atom is 0.255 e. The van der Waals surface area contributed by atoms with Crippen LogP contribution in [0.15, 0.2) is 28.9 Å². The van der Waals surface area contributed by atoms with Crippen molar-refractivity contribution in [2.75, 3.05) is 0 Å². The van der Waals surface area contributed by atoms with Crippen molar-refractivity contribution in [3.05, 3.63) is 51.4 Å². The SMILES string of the molecule is Cc1cc(CN)cc(C)c1Oc1ncc(Br)cc1F. The van der Waals surface area contributed by atoms with E-state index in [4.69, 9.17) is 10.5 Å². The minimum Gasteiger partial charge on any atom is -0.436 e. The van der Waals surface area contributed by atoms with Crippen LogP contribution in [0.2, 0.25) is 0 Å². The zero-order valence-electron chi connectivity index (χ0n) is 10.7. The van der Waals surface area contributed by atoms with Crippen molar-refractivity contribution in [3.63, 3.8) is 0 Å². The average molecular weight is 325 g/mol. The first-order valence-electron chi connectivity index (χ1n) is 5.80. The fourth-order valence-corrected chi connectivity index (χ4v) is 2.20. The third-order valence-electron chi connectivity index (χ3n) is 2.73. The molecule has 5 heteroatoms. The molecule has 0 atom stereocenters. The van der Waals surface area contributed by atoms with Crippen LogP contribution < -0.4 is 10.5 Å². The lowest BCUT2D eigenvalue weighted by molar-refractivity contribution is 0.417. The van der Waals surface area contributed by atoms with Gasteiger partial charge < -0.3 is 10.5 Å². The van der Waals surface area contributed by atoms with Gasteiger partial charge >= 0.3 is 0 Å². The van der Waals surface area contributed by atoms with Gasteiger partial charge in [-0.3, -0.25) is 0 Å². The number of pyridine rings is 1. The Hall–Kier alpha value is -1.46. The van der Waals surface area contributed by atoms with E-state index in [1.807, 2.05) is 26.0 Å². The smallest absolute Gasteiger partial charge is 0.255 e. The van der Waals surface area contributed by atoms with Gasteiger partial charge in [0.1, 0.15) is 5.75 Å². The van der Waals surface area contributed by atoms with Crippen molar-refractivity contribution in [2.45, 2.75) is 20.4 Å². The first kappa shape index (κ1) is 14.0. The molecular weight excluding hydrogens is 311 g/mol. The zero-order chi connectivity index (χ0) is 14.0. The number of aromatic nitrogens is 1. The first-order chi connectivity index (χ1) is 9.01. The molecule has 100 valence electrons. The zero-order valence-corrected chi connectivity index (χ0v) is 12.3. The van der Waals surface area contributed by atoms with E-state index in [1.54, 1.807) is 0 Å². The molecule has 1 aromatic heterocycles. The van der Waals surface area contributed by atoms with Crippen LogP contribution in [0.1, 0.15) is 16.7 Å². The topological polar surface area (TPSA) is 48.1 Å². The summed E-state index contributed by atoms with van der Waals surface area (Å²) < 4.78 is 19.9. The van der Waals surface area contributed by atoms with Crippen molar-refractivity contribution >= 4 is 15.9 Å². The molecule has 3 nitrogen and oxygen atoms in total. The van der Waals surface area contributed by atoms with Gasteiger partial charge in [-0.05, 0) is 52.5 Å². The summed E-state index contributed by atoms with van der Waals surface area (Å²) in [7, 11) is 0. The highest BCUT2D eigenvalue weighted by atomic mass is 79.9. The van der Waals surface area contributed by atoms with Gasteiger partial charge in [-0.25, -0.2) is 9.37 Å². The molecule has 2 N–H and O–H groups in total. The molecule has 0 bridgehead atoms. The lowest BCUT2D eigenvalue weighted by Crippen LogP contribution is -2.00. The first-order valence-corrected chi connectivity index (χ1v) is 6.59. The molecule has 0 aliphatic carbocycles. The average Bonchev–Trinajstić information content (AvgIpc) is 2.35. The molecule has 19 heavy (non-hydrogen) atoms. The van der Waals surface area contributed by atoms with E-state index in [9.17, 15) is 4.39 Å². The van der Waals surface area contributed by atoms with Crippen molar-refractivity contribution in [1.29, 1.82) is 0 Å². The second-order valence-corrected chi connectivity index (χ2v) is 5.22. The molecule has 2 rings (SSSR count). The van der Waals surface area contributed by atoms with E-state index in [0.717, 1.165) is 16.7 Å². The van der Waals surface area contributed by atoms with Crippen LogP contribution >= 0.6 is 15.9 Å². The van der Waals surface area contributed by atoms with E-state index in [-0.39, 0.29) is 5.88 Å². The van der Waals surface area contributed by atoms with Gasteiger partial charge in [0.15, 0.2) is 5.82 Å². The summed E-state index contributed by atoms with van der Waals surface area (Å²) in [5, 5.41) is 0. The van der Waals surface area contributed by atoms with Crippen LogP contribution in [0.25, 0.3) is 0 Å². The number of ether oxygens (including phenoxy) is 1. The highest BCUT2D eigenvalue weighted by Gasteiger charge is 2.12. The summed E-state index contributed by atoms with van der Waals surface area (Å²) >= 11 is 3.16. The summed E-state index contributed by atoms with van der Waals surface area (Å²) in [5.74, 6) is 0.0805. The Labute approximate surface area is 119 Å². The minimum atomic E-state index is -0.504. The standard InChI is InChI=1S/C14H14BrFN2O/c1-8-3-10(6-17)4-9(2)13(8)19-14-12(16)5-11(15)7-18-14/h3-5,7H,6,17H2,1-2H3. The fraction of sp³-hybridized carbons (Fsp3) is 0.214. The number of benzene rings is 1. The Bertz CT molecular complexity index is 593. The number of aryl methyl sites for hydroxylation is 2. The molecule has 0 radical (unpaired) electrons. The van der Waals surface area contributed by atoms with E-state index in [1.165, 1.54) is 12.3 Å². The Morgan fingerprint density at radius 3 is 2.42 bits per heavy atom. The maximum absolute atomic E-state index is 13.7. The third kappa shape index (κ3) is 3.11.